The van der Waals surface area contributed by atoms with E-state index in [1.165, 1.54) is 0 Å². The van der Waals surface area contributed by atoms with Crippen LogP contribution in [-0.4, -0.2) is 31.4 Å². The van der Waals surface area contributed by atoms with Crippen LogP contribution in [0.4, 0.5) is 0 Å². The third-order valence-electron chi connectivity index (χ3n) is 3.69. The van der Waals surface area contributed by atoms with Gasteiger partial charge in [0, 0.05) is 10.9 Å². The fraction of sp³-hybridized carbons (Fsp3) is 0.556. The van der Waals surface area contributed by atoms with Crippen LogP contribution >= 0.6 is 11.6 Å². The van der Waals surface area contributed by atoms with Gasteiger partial charge in [0.05, 0.1) is 0 Å². The molecule has 0 spiro atoms. The van der Waals surface area contributed by atoms with E-state index in [4.69, 9.17) is 11.6 Å². The zero-order valence-corrected chi connectivity index (χ0v) is 14.8. The van der Waals surface area contributed by atoms with Crippen molar-refractivity contribution in [3.05, 3.63) is 34.9 Å². The number of benzene rings is 1. The van der Waals surface area contributed by atoms with Crippen LogP contribution in [0.5, 0.6) is 0 Å². The van der Waals surface area contributed by atoms with Crippen molar-refractivity contribution < 1.29 is 14.3 Å². The molecule has 1 saturated heterocycles. The van der Waals surface area contributed by atoms with Crippen LogP contribution in [0.15, 0.2) is 24.3 Å². The van der Waals surface area contributed by atoms with Gasteiger partial charge in [-0.3, -0.25) is 4.79 Å². The SMILES string of the molecule is CC(C)(C)OC=O.O=CC(c1ccc(Cl)cc1)C1CCNCC1. The molecule has 1 aromatic carbocycles. The minimum absolute atomic E-state index is 0.0272. The summed E-state index contributed by atoms with van der Waals surface area (Å²) in [4.78, 5) is 20.8. The molecule has 23 heavy (non-hydrogen) atoms. The summed E-state index contributed by atoms with van der Waals surface area (Å²) in [5.74, 6) is 0.499. The fourth-order valence-corrected chi connectivity index (χ4v) is 2.62. The molecule has 1 unspecified atom stereocenters. The zero-order valence-electron chi connectivity index (χ0n) is 14.0. The molecule has 0 saturated carbocycles. The number of ether oxygens (including phenoxy) is 1. The molecule has 0 aromatic heterocycles. The molecule has 0 aliphatic carbocycles. The minimum Gasteiger partial charge on any atom is -0.462 e. The first kappa shape index (κ1) is 19.7. The number of nitrogens with one attached hydrogen (secondary N) is 1. The number of halogens is 1. The smallest absolute Gasteiger partial charge is 0.293 e. The molecule has 1 aliphatic heterocycles. The van der Waals surface area contributed by atoms with Gasteiger partial charge in [0.15, 0.2) is 0 Å². The van der Waals surface area contributed by atoms with Gasteiger partial charge < -0.3 is 14.8 Å². The maximum Gasteiger partial charge on any atom is 0.293 e. The van der Waals surface area contributed by atoms with Gasteiger partial charge in [-0.1, -0.05) is 23.7 Å². The monoisotopic (exact) mass is 339 g/mol. The Morgan fingerprint density at radius 1 is 1.17 bits per heavy atom. The molecular formula is C18H26ClNO3. The van der Waals surface area contributed by atoms with Crippen molar-refractivity contribution in [1.29, 1.82) is 0 Å². The average Bonchev–Trinajstić information content (AvgIpc) is 2.50. The molecule has 0 radical (unpaired) electrons. The highest BCUT2D eigenvalue weighted by molar-refractivity contribution is 6.30. The second-order valence-corrected chi connectivity index (χ2v) is 7.06. The Balaban J connectivity index is 0.000000322. The molecule has 4 nitrogen and oxygen atoms in total. The van der Waals surface area contributed by atoms with Crippen LogP contribution in [0.1, 0.15) is 45.1 Å². The summed E-state index contributed by atoms with van der Waals surface area (Å²) < 4.78 is 4.55. The van der Waals surface area contributed by atoms with Gasteiger partial charge in [-0.25, -0.2) is 0 Å². The van der Waals surface area contributed by atoms with Crippen LogP contribution < -0.4 is 5.32 Å². The lowest BCUT2D eigenvalue weighted by Crippen LogP contribution is -2.31. The lowest BCUT2D eigenvalue weighted by molar-refractivity contribution is -0.138. The predicted molar refractivity (Wildman–Crippen MR) is 92.8 cm³/mol. The second-order valence-electron chi connectivity index (χ2n) is 6.63. The first-order valence-electron chi connectivity index (χ1n) is 7.90. The quantitative estimate of drug-likeness (QED) is 0.852. The van der Waals surface area contributed by atoms with Gasteiger partial charge in [0.1, 0.15) is 11.9 Å². The maximum atomic E-state index is 11.2. The second kappa shape index (κ2) is 9.68. The number of piperidine rings is 1. The number of hydrogen-bond donors (Lipinski definition) is 1. The molecular weight excluding hydrogens is 314 g/mol. The summed E-state index contributed by atoms with van der Waals surface area (Å²) in [6.07, 6.45) is 3.23. The number of hydrogen-bond acceptors (Lipinski definition) is 4. The van der Waals surface area contributed by atoms with Crippen molar-refractivity contribution in [3.8, 4) is 0 Å². The molecule has 1 aliphatic rings. The Labute approximate surface area is 143 Å². The first-order chi connectivity index (χ1) is 10.9. The number of aldehydes is 1. The lowest BCUT2D eigenvalue weighted by atomic mass is 9.81. The summed E-state index contributed by atoms with van der Waals surface area (Å²) in [6, 6.07) is 7.63. The molecule has 0 amide bonds. The fourth-order valence-electron chi connectivity index (χ4n) is 2.49. The molecule has 2 rings (SSSR count). The van der Waals surface area contributed by atoms with Gasteiger partial charge >= 0.3 is 0 Å². The van der Waals surface area contributed by atoms with Crippen LogP contribution in [0.25, 0.3) is 0 Å². The summed E-state index contributed by atoms with van der Waals surface area (Å²) in [5, 5.41) is 4.04. The van der Waals surface area contributed by atoms with Gasteiger partial charge in [-0.15, -0.1) is 0 Å². The maximum absolute atomic E-state index is 11.2. The van der Waals surface area contributed by atoms with E-state index in [-0.39, 0.29) is 11.5 Å². The van der Waals surface area contributed by atoms with Gasteiger partial charge in [-0.05, 0) is 70.3 Å². The first-order valence-corrected chi connectivity index (χ1v) is 8.28. The zero-order chi connectivity index (χ0) is 17.3. The number of carbonyl (C=O) groups is 2. The van der Waals surface area contributed by atoms with Gasteiger partial charge in [0.25, 0.3) is 6.47 Å². The topological polar surface area (TPSA) is 55.4 Å². The van der Waals surface area contributed by atoms with Crippen LogP contribution in [0, 0.1) is 5.92 Å². The lowest BCUT2D eigenvalue weighted by Gasteiger charge is -2.27. The third-order valence-corrected chi connectivity index (χ3v) is 3.95. The van der Waals surface area contributed by atoms with Crippen molar-refractivity contribution in [2.24, 2.45) is 5.92 Å². The van der Waals surface area contributed by atoms with Crippen LogP contribution in [0.2, 0.25) is 5.02 Å². The highest BCUT2D eigenvalue weighted by atomic mass is 35.5. The number of carbonyl (C=O) groups excluding carboxylic acids is 2. The van der Waals surface area contributed by atoms with E-state index in [1.807, 2.05) is 45.0 Å². The molecule has 1 heterocycles. The Kier molecular flexibility index (Phi) is 8.28. The van der Waals surface area contributed by atoms with E-state index in [1.54, 1.807) is 0 Å². The highest BCUT2D eigenvalue weighted by Crippen LogP contribution is 2.29. The summed E-state index contributed by atoms with van der Waals surface area (Å²) >= 11 is 5.85. The largest absolute Gasteiger partial charge is 0.462 e. The number of rotatable bonds is 4. The van der Waals surface area contributed by atoms with Crippen LogP contribution in [-0.2, 0) is 14.3 Å². The Morgan fingerprint density at radius 2 is 1.74 bits per heavy atom. The normalized spacial score (nSPS) is 16.7. The van der Waals surface area contributed by atoms with E-state index < -0.39 is 0 Å². The summed E-state index contributed by atoms with van der Waals surface area (Å²) in [5.41, 5.74) is 0.771. The molecule has 1 N–H and O–H groups in total. The van der Waals surface area contributed by atoms with E-state index in [0.29, 0.717) is 12.4 Å². The molecule has 1 atom stereocenters. The van der Waals surface area contributed by atoms with Crippen molar-refractivity contribution in [2.75, 3.05) is 13.1 Å². The van der Waals surface area contributed by atoms with E-state index in [9.17, 15) is 9.59 Å². The standard InChI is InChI=1S/C13H16ClNO.C5H10O2/c14-12-3-1-10(2-4-12)13(9-16)11-5-7-15-8-6-11;1-5(2,3)7-4-6/h1-4,9,11,13,15H,5-8H2;4H,1-3H3. The molecule has 0 bridgehead atoms. The van der Waals surface area contributed by atoms with Gasteiger partial charge in [0.2, 0.25) is 0 Å². The van der Waals surface area contributed by atoms with Gasteiger partial charge in [-0.2, -0.15) is 0 Å². The minimum atomic E-state index is -0.318. The average molecular weight is 340 g/mol. The Bertz CT molecular complexity index is 476. The highest BCUT2D eigenvalue weighted by Gasteiger charge is 2.24. The third kappa shape index (κ3) is 7.62. The Morgan fingerprint density at radius 3 is 2.13 bits per heavy atom. The molecule has 1 fully saturated rings. The van der Waals surface area contributed by atoms with Crippen molar-refractivity contribution in [2.45, 2.75) is 45.1 Å². The molecule has 5 heteroatoms. The van der Waals surface area contributed by atoms with E-state index >= 15 is 0 Å². The summed E-state index contributed by atoms with van der Waals surface area (Å²) in [6.45, 7) is 7.95. The van der Waals surface area contributed by atoms with Crippen molar-refractivity contribution in [3.63, 3.8) is 0 Å². The van der Waals surface area contributed by atoms with Crippen molar-refractivity contribution in [1.82, 2.24) is 5.32 Å². The molecule has 1 aromatic rings. The predicted octanol–water partition coefficient (Wildman–Crippen LogP) is 3.58. The van der Waals surface area contributed by atoms with E-state index in [2.05, 4.69) is 10.1 Å². The van der Waals surface area contributed by atoms with E-state index in [0.717, 1.165) is 42.8 Å². The summed E-state index contributed by atoms with van der Waals surface area (Å²) in [7, 11) is 0. The van der Waals surface area contributed by atoms with Crippen LogP contribution in [0.3, 0.4) is 0 Å². The molecule has 128 valence electrons. The Hall–Kier alpha value is -1.39. The van der Waals surface area contributed by atoms with Crippen molar-refractivity contribution >= 4 is 24.4 Å².